The quantitative estimate of drug-likeness (QED) is 0.266. The molecule has 38 heavy (non-hydrogen) atoms. The molecule has 5 nitrogen and oxygen atoms in total. The van der Waals surface area contributed by atoms with E-state index >= 15 is 0 Å². The van der Waals surface area contributed by atoms with Crippen molar-refractivity contribution < 1.29 is 18.7 Å². The van der Waals surface area contributed by atoms with E-state index < -0.39 is 14.4 Å². The van der Waals surface area contributed by atoms with E-state index in [4.69, 9.17) is 13.9 Å². The molecule has 0 N–H and O–H groups in total. The molecular formula is C32H37NO4Si. The summed E-state index contributed by atoms with van der Waals surface area (Å²) in [7, 11) is -2.80. The number of carbonyl (C=O) groups is 1. The summed E-state index contributed by atoms with van der Waals surface area (Å²) in [6, 6.07) is 30.2. The van der Waals surface area contributed by atoms with E-state index in [1.807, 2.05) is 42.5 Å². The molecule has 198 valence electrons. The van der Waals surface area contributed by atoms with E-state index in [9.17, 15) is 4.79 Å². The molecule has 1 aliphatic heterocycles. The van der Waals surface area contributed by atoms with Crippen LogP contribution in [0.25, 0.3) is 0 Å². The maximum atomic E-state index is 13.3. The van der Waals surface area contributed by atoms with Crippen LogP contribution in [0, 0.1) is 0 Å². The fraction of sp³-hybridized carbons (Fsp3) is 0.281. The maximum Gasteiger partial charge on any atom is 0.417 e. The lowest BCUT2D eigenvalue weighted by Gasteiger charge is -2.45. The zero-order valence-electron chi connectivity index (χ0n) is 22.5. The molecule has 0 saturated carbocycles. The Bertz CT molecular complexity index is 1190. The molecule has 0 aromatic heterocycles. The van der Waals surface area contributed by atoms with Gasteiger partial charge in [0.2, 0.25) is 0 Å². The first-order valence-electron chi connectivity index (χ1n) is 13.0. The second-order valence-electron chi connectivity index (χ2n) is 10.6. The number of hydrogen-bond donors (Lipinski definition) is 0. The summed E-state index contributed by atoms with van der Waals surface area (Å²) in [5.74, 6) is 0.246. The van der Waals surface area contributed by atoms with Gasteiger partial charge in [-0.3, -0.25) is 0 Å². The number of nitrogens with zero attached hydrogens (tertiary/aromatic N) is 1. The van der Waals surface area contributed by atoms with Gasteiger partial charge in [-0.25, -0.2) is 9.69 Å². The standard InChI is InChI=1S/C32H37NO4Si/c1-6-28-22-27(33(25(2)37-28)31(34)35-23-26-16-10-7-11-17-26)24-36-38(32(3,4)5,29-18-12-8-13-19-29)30-20-14-9-15-21-30/h6-21,27-28H,1-2,22-24H2,3-5H3/t27-,28+/m0/s1. The number of rotatable bonds is 8. The van der Waals surface area contributed by atoms with Gasteiger partial charge >= 0.3 is 6.09 Å². The van der Waals surface area contributed by atoms with Crippen molar-refractivity contribution in [2.45, 2.75) is 51.0 Å². The first kappa shape index (κ1) is 27.4. The molecule has 4 rings (SSSR count). The molecule has 3 aromatic carbocycles. The predicted molar refractivity (Wildman–Crippen MR) is 155 cm³/mol. The van der Waals surface area contributed by atoms with Crippen LogP contribution in [0.3, 0.4) is 0 Å². The Morgan fingerprint density at radius 1 is 0.974 bits per heavy atom. The van der Waals surface area contributed by atoms with Gasteiger partial charge in [-0.1, -0.05) is 124 Å². The smallest absolute Gasteiger partial charge is 0.417 e. The lowest BCUT2D eigenvalue weighted by atomic mass is 10.1. The number of amides is 1. The Balaban J connectivity index is 1.66. The van der Waals surface area contributed by atoms with Crippen molar-refractivity contribution in [1.29, 1.82) is 0 Å². The second kappa shape index (κ2) is 11.8. The molecule has 3 aromatic rings. The normalized spacial score (nSPS) is 18.0. The van der Waals surface area contributed by atoms with E-state index in [1.165, 1.54) is 15.3 Å². The topological polar surface area (TPSA) is 48.0 Å². The van der Waals surface area contributed by atoms with Crippen LogP contribution >= 0.6 is 0 Å². The van der Waals surface area contributed by atoms with Crippen molar-refractivity contribution in [2.75, 3.05) is 6.61 Å². The third-order valence-corrected chi connectivity index (χ3v) is 12.0. The van der Waals surface area contributed by atoms with Gasteiger partial charge in [-0.05, 0) is 27.6 Å². The summed E-state index contributed by atoms with van der Waals surface area (Å²) in [6.45, 7) is 15.1. The Morgan fingerprint density at radius 3 is 2.00 bits per heavy atom. The minimum absolute atomic E-state index is 0.163. The summed E-state index contributed by atoms with van der Waals surface area (Å²) < 4.78 is 18.7. The van der Waals surface area contributed by atoms with Crippen molar-refractivity contribution in [3.05, 3.63) is 122 Å². The number of ether oxygens (including phenoxy) is 2. The van der Waals surface area contributed by atoms with Crippen LogP contribution in [0.1, 0.15) is 32.8 Å². The highest BCUT2D eigenvalue weighted by Gasteiger charge is 2.51. The molecule has 1 fully saturated rings. The average Bonchev–Trinajstić information content (AvgIpc) is 2.93. The molecule has 0 radical (unpaired) electrons. The van der Waals surface area contributed by atoms with Gasteiger partial charge in [-0.2, -0.15) is 0 Å². The first-order chi connectivity index (χ1) is 18.3. The predicted octanol–water partition coefficient (Wildman–Crippen LogP) is 6.02. The van der Waals surface area contributed by atoms with E-state index in [2.05, 4.69) is 82.5 Å². The maximum absolute atomic E-state index is 13.3. The Kier molecular flexibility index (Phi) is 8.54. The van der Waals surface area contributed by atoms with Gasteiger partial charge in [0.15, 0.2) is 5.88 Å². The molecule has 1 aliphatic rings. The van der Waals surface area contributed by atoms with Gasteiger partial charge in [0.25, 0.3) is 8.32 Å². The summed E-state index contributed by atoms with van der Waals surface area (Å²) in [5.41, 5.74) is 0.911. The van der Waals surface area contributed by atoms with Crippen molar-refractivity contribution in [2.24, 2.45) is 0 Å². The molecular weight excluding hydrogens is 490 g/mol. The highest BCUT2D eigenvalue weighted by molar-refractivity contribution is 6.99. The lowest BCUT2D eigenvalue weighted by molar-refractivity contribution is -0.0234. The van der Waals surface area contributed by atoms with Crippen LogP contribution in [0.2, 0.25) is 5.04 Å². The summed E-state index contributed by atoms with van der Waals surface area (Å²) in [5, 5.41) is 2.18. The molecule has 2 atom stereocenters. The largest absolute Gasteiger partial charge is 0.472 e. The van der Waals surface area contributed by atoms with Gasteiger partial charge in [0.05, 0.1) is 12.6 Å². The van der Waals surface area contributed by atoms with Crippen molar-refractivity contribution in [3.63, 3.8) is 0 Å². The van der Waals surface area contributed by atoms with Crippen LogP contribution in [0.15, 0.2) is 116 Å². The van der Waals surface area contributed by atoms with Crippen LogP contribution in [0.4, 0.5) is 4.79 Å². The Hall–Kier alpha value is -3.61. The number of benzene rings is 3. The molecule has 1 heterocycles. The van der Waals surface area contributed by atoms with Crippen LogP contribution < -0.4 is 10.4 Å². The molecule has 0 aliphatic carbocycles. The molecule has 1 saturated heterocycles. The second-order valence-corrected chi connectivity index (χ2v) is 14.9. The Morgan fingerprint density at radius 2 is 1.50 bits per heavy atom. The third-order valence-electron chi connectivity index (χ3n) is 7.00. The lowest BCUT2D eigenvalue weighted by Crippen LogP contribution is -2.67. The zero-order chi connectivity index (χ0) is 27.2. The summed E-state index contributed by atoms with van der Waals surface area (Å²) in [4.78, 5) is 14.8. The molecule has 0 unspecified atom stereocenters. The van der Waals surface area contributed by atoms with E-state index in [0.717, 1.165) is 5.56 Å². The highest BCUT2D eigenvalue weighted by atomic mass is 28.4. The zero-order valence-corrected chi connectivity index (χ0v) is 23.5. The third kappa shape index (κ3) is 5.77. The average molecular weight is 528 g/mol. The summed E-state index contributed by atoms with van der Waals surface area (Å²) >= 11 is 0. The van der Waals surface area contributed by atoms with Gasteiger partial charge in [0.1, 0.15) is 12.7 Å². The Labute approximate surface area is 227 Å². The first-order valence-corrected chi connectivity index (χ1v) is 14.9. The van der Waals surface area contributed by atoms with Gasteiger partial charge in [-0.15, -0.1) is 0 Å². The van der Waals surface area contributed by atoms with Crippen molar-refractivity contribution in [1.82, 2.24) is 4.90 Å². The molecule has 1 amide bonds. The van der Waals surface area contributed by atoms with E-state index in [1.54, 1.807) is 6.08 Å². The van der Waals surface area contributed by atoms with E-state index in [0.29, 0.717) is 13.0 Å². The SMILES string of the molecule is C=C[C@@H]1C[C@@H](CO[Si](c2ccccc2)(c2ccccc2)C(C)(C)C)N(C(=O)OCc2ccccc2)C(=C)O1. The van der Waals surface area contributed by atoms with Crippen LogP contribution in [-0.2, 0) is 20.5 Å². The molecule has 0 bridgehead atoms. The van der Waals surface area contributed by atoms with Crippen molar-refractivity contribution >= 4 is 24.8 Å². The van der Waals surface area contributed by atoms with Crippen LogP contribution in [0.5, 0.6) is 0 Å². The minimum atomic E-state index is -2.80. The van der Waals surface area contributed by atoms with Gasteiger partial charge in [0, 0.05) is 6.42 Å². The monoisotopic (exact) mass is 527 g/mol. The molecule has 6 heteroatoms. The fourth-order valence-corrected chi connectivity index (χ4v) is 9.76. The number of carbonyl (C=O) groups excluding carboxylic acids is 1. The number of hydrogen-bond acceptors (Lipinski definition) is 4. The minimum Gasteiger partial charge on any atom is -0.472 e. The van der Waals surface area contributed by atoms with Crippen molar-refractivity contribution in [3.8, 4) is 0 Å². The van der Waals surface area contributed by atoms with E-state index in [-0.39, 0.29) is 29.7 Å². The highest BCUT2D eigenvalue weighted by Crippen LogP contribution is 2.37. The van der Waals surface area contributed by atoms with Crippen LogP contribution in [-0.4, -0.2) is 38.1 Å². The summed E-state index contributed by atoms with van der Waals surface area (Å²) in [6.07, 6.45) is 1.50. The molecule has 0 spiro atoms. The fourth-order valence-electron chi connectivity index (χ4n) is 5.17. The van der Waals surface area contributed by atoms with Gasteiger partial charge < -0.3 is 13.9 Å².